The zero-order valence-corrected chi connectivity index (χ0v) is 21.4. The summed E-state index contributed by atoms with van der Waals surface area (Å²) in [5.74, 6) is 0.630. The summed E-state index contributed by atoms with van der Waals surface area (Å²) in [6.45, 7) is 4.36. The van der Waals surface area contributed by atoms with Crippen molar-refractivity contribution in [2.45, 2.75) is 26.2 Å². The third-order valence-electron chi connectivity index (χ3n) is 6.29. The van der Waals surface area contributed by atoms with Gasteiger partial charge >= 0.3 is 0 Å². The van der Waals surface area contributed by atoms with E-state index < -0.39 is 0 Å². The molecule has 0 aliphatic heterocycles. The number of aromatic nitrogens is 1. The molecule has 1 atom stereocenters. The minimum Gasteiger partial charge on any atom is -0.436 e. The summed E-state index contributed by atoms with van der Waals surface area (Å²) in [5.41, 5.74) is 4.56. The predicted molar refractivity (Wildman–Crippen MR) is 151 cm³/mol. The van der Waals surface area contributed by atoms with Gasteiger partial charge in [-0.05, 0) is 83.4 Å². The van der Waals surface area contributed by atoms with Gasteiger partial charge in [0.05, 0.1) is 10.7 Å². The van der Waals surface area contributed by atoms with Gasteiger partial charge in [-0.2, -0.15) is 0 Å². The quantitative estimate of drug-likeness (QED) is 0.233. The van der Waals surface area contributed by atoms with Crippen LogP contribution in [0.25, 0.3) is 33.3 Å². The molecule has 1 amide bonds. The van der Waals surface area contributed by atoms with Gasteiger partial charge in [-0.15, -0.1) is 0 Å². The lowest BCUT2D eigenvalue weighted by Gasteiger charge is -2.12. The summed E-state index contributed by atoms with van der Waals surface area (Å²) in [6.07, 6.45) is 1.06. The molecule has 180 valence electrons. The first-order valence-corrected chi connectivity index (χ1v) is 12.5. The normalized spacial score (nSPS) is 12.0. The van der Waals surface area contributed by atoms with Crippen LogP contribution in [0.1, 0.15) is 42.1 Å². The molecule has 2 N–H and O–H groups in total. The molecule has 5 rings (SSSR count). The molecule has 1 heterocycles. The Morgan fingerprint density at radius 3 is 2.64 bits per heavy atom. The molecule has 36 heavy (non-hydrogen) atoms. The Hall–Kier alpha value is -3.74. The number of benzene rings is 4. The van der Waals surface area contributed by atoms with Crippen LogP contribution in [0.3, 0.4) is 0 Å². The highest BCUT2D eigenvalue weighted by molar-refractivity contribution is 7.80. The minimum atomic E-state index is -0.304. The lowest BCUT2D eigenvalue weighted by molar-refractivity contribution is 0.0978. The van der Waals surface area contributed by atoms with Crippen LogP contribution < -0.4 is 10.6 Å². The lowest BCUT2D eigenvalue weighted by Crippen LogP contribution is -2.34. The number of thiocarbonyl (C=S) groups is 1. The summed E-state index contributed by atoms with van der Waals surface area (Å²) in [4.78, 5) is 17.4. The van der Waals surface area contributed by atoms with E-state index in [0.29, 0.717) is 28.1 Å². The fourth-order valence-electron chi connectivity index (χ4n) is 4.02. The van der Waals surface area contributed by atoms with Gasteiger partial charge in [0.25, 0.3) is 5.91 Å². The van der Waals surface area contributed by atoms with Crippen LogP contribution in [0.5, 0.6) is 0 Å². The van der Waals surface area contributed by atoms with Crippen molar-refractivity contribution in [3.8, 4) is 11.5 Å². The van der Waals surface area contributed by atoms with E-state index in [9.17, 15) is 4.79 Å². The number of halogens is 1. The summed E-state index contributed by atoms with van der Waals surface area (Å²) >= 11 is 11.8. The summed E-state index contributed by atoms with van der Waals surface area (Å²) in [7, 11) is 0. The molecule has 5 aromatic rings. The second kappa shape index (κ2) is 10.1. The molecular weight excluding hydrogens is 490 g/mol. The van der Waals surface area contributed by atoms with Crippen LogP contribution in [-0.4, -0.2) is 16.0 Å². The molecule has 5 nitrogen and oxygen atoms in total. The van der Waals surface area contributed by atoms with Crippen molar-refractivity contribution in [1.29, 1.82) is 0 Å². The van der Waals surface area contributed by atoms with Crippen LogP contribution in [-0.2, 0) is 0 Å². The molecule has 0 saturated heterocycles. The van der Waals surface area contributed by atoms with Gasteiger partial charge in [-0.25, -0.2) is 4.98 Å². The van der Waals surface area contributed by atoms with Crippen LogP contribution in [0, 0.1) is 0 Å². The van der Waals surface area contributed by atoms with Crippen LogP contribution in [0.4, 0.5) is 5.69 Å². The third-order valence-corrected chi connectivity index (χ3v) is 6.83. The number of anilines is 1. The van der Waals surface area contributed by atoms with E-state index in [-0.39, 0.29) is 11.0 Å². The van der Waals surface area contributed by atoms with Crippen molar-refractivity contribution >= 4 is 62.4 Å². The lowest BCUT2D eigenvalue weighted by atomic mass is 9.98. The maximum absolute atomic E-state index is 12.8. The number of nitrogens with zero attached hydrogens (tertiary/aromatic N) is 1. The van der Waals surface area contributed by atoms with Crippen molar-refractivity contribution in [1.82, 2.24) is 10.3 Å². The highest BCUT2D eigenvalue weighted by Crippen LogP contribution is 2.32. The highest BCUT2D eigenvalue weighted by atomic mass is 35.5. The maximum atomic E-state index is 12.8. The van der Waals surface area contributed by atoms with Crippen LogP contribution in [0.2, 0.25) is 5.02 Å². The van der Waals surface area contributed by atoms with Gasteiger partial charge in [0.15, 0.2) is 10.7 Å². The fourth-order valence-corrected chi connectivity index (χ4v) is 4.39. The zero-order chi connectivity index (χ0) is 25.2. The summed E-state index contributed by atoms with van der Waals surface area (Å²) < 4.78 is 6.00. The summed E-state index contributed by atoms with van der Waals surface area (Å²) in [6, 6.07) is 24.9. The average molecular weight is 514 g/mol. The van der Waals surface area contributed by atoms with Crippen molar-refractivity contribution in [2.24, 2.45) is 0 Å². The number of rotatable bonds is 5. The van der Waals surface area contributed by atoms with Crippen molar-refractivity contribution in [3.05, 3.63) is 95.0 Å². The molecule has 4 aromatic carbocycles. The van der Waals surface area contributed by atoms with Gasteiger partial charge in [-0.3, -0.25) is 10.1 Å². The second-order valence-corrected chi connectivity index (χ2v) is 9.54. The average Bonchev–Trinajstić information content (AvgIpc) is 3.32. The SMILES string of the molecule is CC[C@H](C)c1ccc2oc(-c3ccc(Cl)c(NC(=S)NC(=O)c4ccc5ccccc5c4)c3)nc2c1. The molecule has 0 saturated carbocycles. The van der Waals surface area contributed by atoms with Crippen molar-refractivity contribution in [3.63, 3.8) is 0 Å². The number of amides is 1. The molecular formula is C29H24ClN3O2S. The van der Waals surface area contributed by atoms with Gasteiger partial charge in [-0.1, -0.05) is 61.8 Å². The second-order valence-electron chi connectivity index (χ2n) is 8.72. The van der Waals surface area contributed by atoms with Gasteiger partial charge in [0.1, 0.15) is 5.52 Å². The number of carbonyl (C=O) groups excluding carboxylic acids is 1. The Morgan fingerprint density at radius 2 is 1.83 bits per heavy atom. The Bertz CT molecular complexity index is 1610. The molecule has 1 aromatic heterocycles. The van der Waals surface area contributed by atoms with E-state index in [4.69, 9.17) is 28.2 Å². The molecule has 0 bridgehead atoms. The van der Waals surface area contributed by atoms with Gasteiger partial charge < -0.3 is 9.73 Å². The van der Waals surface area contributed by atoms with E-state index in [1.807, 2.05) is 48.5 Å². The smallest absolute Gasteiger partial charge is 0.257 e. The molecule has 0 aliphatic rings. The molecule has 0 unspecified atom stereocenters. The van der Waals surface area contributed by atoms with E-state index in [2.05, 4.69) is 41.6 Å². The first-order valence-electron chi connectivity index (χ1n) is 11.7. The number of oxazole rings is 1. The Kier molecular flexibility index (Phi) is 6.72. The first-order chi connectivity index (χ1) is 17.4. The third kappa shape index (κ3) is 4.96. The Balaban J connectivity index is 1.34. The molecule has 7 heteroatoms. The summed E-state index contributed by atoms with van der Waals surface area (Å²) in [5, 5.41) is 8.39. The topological polar surface area (TPSA) is 67.2 Å². The van der Waals surface area contributed by atoms with E-state index >= 15 is 0 Å². The van der Waals surface area contributed by atoms with Crippen molar-refractivity contribution in [2.75, 3.05) is 5.32 Å². The molecule has 0 spiro atoms. The number of hydrogen-bond acceptors (Lipinski definition) is 4. The first kappa shape index (κ1) is 24.0. The molecule has 0 radical (unpaired) electrons. The van der Waals surface area contributed by atoms with Crippen LogP contribution in [0.15, 0.2) is 83.3 Å². The maximum Gasteiger partial charge on any atom is 0.257 e. The molecule has 0 aliphatic carbocycles. The predicted octanol–water partition coefficient (Wildman–Crippen LogP) is 7.94. The minimum absolute atomic E-state index is 0.142. The largest absolute Gasteiger partial charge is 0.436 e. The Labute approximate surface area is 219 Å². The number of hydrogen-bond donors (Lipinski definition) is 2. The van der Waals surface area contributed by atoms with Crippen molar-refractivity contribution < 1.29 is 9.21 Å². The molecule has 0 fully saturated rings. The van der Waals surface area contributed by atoms with Gasteiger partial charge in [0, 0.05) is 11.1 Å². The van der Waals surface area contributed by atoms with E-state index in [0.717, 1.165) is 33.9 Å². The fraction of sp³-hybridized carbons (Fsp3) is 0.138. The number of nitrogens with one attached hydrogen (secondary N) is 2. The van der Waals surface area contributed by atoms with E-state index in [1.165, 1.54) is 5.56 Å². The monoisotopic (exact) mass is 513 g/mol. The number of fused-ring (bicyclic) bond motifs is 2. The highest BCUT2D eigenvalue weighted by Gasteiger charge is 2.14. The van der Waals surface area contributed by atoms with Crippen LogP contribution >= 0.6 is 23.8 Å². The Morgan fingerprint density at radius 1 is 1.03 bits per heavy atom. The van der Waals surface area contributed by atoms with E-state index in [1.54, 1.807) is 18.2 Å². The number of carbonyl (C=O) groups is 1. The zero-order valence-electron chi connectivity index (χ0n) is 19.8. The standard InChI is InChI=1S/C29H24ClN3O2S/c1-3-17(2)19-11-13-26-25(15-19)31-28(35-26)22-10-12-23(30)24(16-22)32-29(36)33-27(34)21-9-8-18-6-4-5-7-20(18)14-21/h4-17H,3H2,1-2H3,(H2,32,33,34,36)/t17-/m0/s1. The van der Waals surface area contributed by atoms with Gasteiger partial charge in [0.2, 0.25) is 5.89 Å².